The molecular formula is C82H56S2. The van der Waals surface area contributed by atoms with Crippen molar-refractivity contribution in [3.05, 3.63) is 307 Å². The molecule has 0 N–H and O–H groups in total. The van der Waals surface area contributed by atoms with Gasteiger partial charge in [0.25, 0.3) is 0 Å². The van der Waals surface area contributed by atoms with Gasteiger partial charge in [-0.2, -0.15) is 0 Å². The summed E-state index contributed by atoms with van der Waals surface area (Å²) in [7, 11) is 0. The molecule has 1 unspecified atom stereocenters. The molecular weight excluding hydrogens is 1050 g/mol. The molecule has 0 spiro atoms. The van der Waals surface area contributed by atoms with E-state index in [1.807, 2.05) is 23.1 Å². The van der Waals surface area contributed by atoms with Crippen molar-refractivity contribution in [1.82, 2.24) is 0 Å². The number of benzene rings is 14. The van der Waals surface area contributed by atoms with E-state index in [0.29, 0.717) is 5.25 Å². The first-order chi connectivity index (χ1) is 41.5. The lowest BCUT2D eigenvalue weighted by molar-refractivity contribution is 0.879. The summed E-state index contributed by atoms with van der Waals surface area (Å²) < 4.78 is 0. The van der Waals surface area contributed by atoms with Gasteiger partial charge in [-0.3, -0.25) is 0 Å². The molecule has 1 aliphatic rings. The van der Waals surface area contributed by atoms with Crippen molar-refractivity contribution >= 4 is 92.6 Å². The topological polar surface area (TPSA) is 0 Å². The van der Waals surface area contributed by atoms with Gasteiger partial charge in [0, 0.05) is 19.9 Å². The maximum Gasteiger partial charge on any atom is 0.0345 e. The van der Waals surface area contributed by atoms with Crippen molar-refractivity contribution in [3.8, 4) is 77.2 Å². The third kappa shape index (κ3) is 9.02. The number of hydrogen-bond acceptors (Lipinski definition) is 2. The Morgan fingerprint density at radius 3 is 1.02 bits per heavy atom. The van der Waals surface area contributed by atoms with Gasteiger partial charge in [-0.05, 0) is 204 Å². The molecule has 0 amide bonds. The van der Waals surface area contributed by atoms with Gasteiger partial charge < -0.3 is 0 Å². The van der Waals surface area contributed by atoms with Gasteiger partial charge in [0.15, 0.2) is 0 Å². The minimum absolute atomic E-state index is 0.490. The molecule has 0 radical (unpaired) electrons. The highest BCUT2D eigenvalue weighted by atomic mass is 32.2. The van der Waals surface area contributed by atoms with Crippen LogP contribution in [0.4, 0.5) is 0 Å². The zero-order valence-corrected chi connectivity index (χ0v) is 48.2. The maximum atomic E-state index is 2.46. The first-order valence-corrected chi connectivity index (χ1v) is 31.0. The van der Waals surface area contributed by atoms with E-state index >= 15 is 0 Å². The van der Waals surface area contributed by atoms with E-state index in [2.05, 4.69) is 298 Å². The Hall–Kier alpha value is -9.57. The van der Waals surface area contributed by atoms with Crippen molar-refractivity contribution in [1.29, 1.82) is 0 Å². The SMILES string of the molecule is Cc1ccc(-c2ccc(-c3c4ccccc4c(-c4ccc(C5=CCC(Cc6ccc(-c7ccc(-c8c9ccccc9c(-c9ccc(-c%10ccccc%10)cc9)c9cc%10ccccc%10cc89)cc7)cc6)S5)cc4)c4cc5ccccc5cc34)cc2)s1. The zero-order chi connectivity index (χ0) is 55.7. The van der Waals surface area contributed by atoms with E-state index in [1.54, 1.807) is 0 Å². The zero-order valence-electron chi connectivity index (χ0n) is 46.5. The van der Waals surface area contributed by atoms with Crippen molar-refractivity contribution in [2.45, 2.75) is 25.0 Å². The normalized spacial score (nSPS) is 13.4. The van der Waals surface area contributed by atoms with Crippen molar-refractivity contribution in [2.24, 2.45) is 0 Å². The molecule has 84 heavy (non-hydrogen) atoms. The molecule has 16 rings (SSSR count). The van der Waals surface area contributed by atoms with Crippen LogP contribution in [0.25, 0.3) is 147 Å². The molecule has 1 aromatic heterocycles. The lowest BCUT2D eigenvalue weighted by Gasteiger charge is -2.19. The van der Waals surface area contributed by atoms with Crippen LogP contribution in [0.2, 0.25) is 0 Å². The minimum atomic E-state index is 0.490. The van der Waals surface area contributed by atoms with Crippen molar-refractivity contribution in [2.75, 3.05) is 0 Å². The summed E-state index contributed by atoms with van der Waals surface area (Å²) in [5.74, 6) is 0. The molecule has 2 heteroatoms. The number of hydrogen-bond donors (Lipinski definition) is 0. The number of allylic oxidation sites excluding steroid dienone is 1. The highest BCUT2D eigenvalue weighted by Gasteiger charge is 2.23. The predicted octanol–water partition coefficient (Wildman–Crippen LogP) is 23.7. The van der Waals surface area contributed by atoms with E-state index in [9.17, 15) is 0 Å². The standard InChI is InChI=1S/C82H56S2/c1-52-23-45-77(83-52)58-32-40-62(41-33-58)81-71-21-11-12-22-72(71)82(76-51-67-18-8-7-17-66(67)50-75(76)81)63-42-34-59(35-43-63)78-46-44-68(84-78)47-53-24-26-55(27-25-53)57-30-38-61(39-31-57)80-70-20-10-9-19-69(70)79(73-48-64-15-5-6-16-65(64)49-74(73)80)60-36-28-56(29-37-60)54-13-3-2-4-14-54/h2-43,45-46,48-51,68H,44,47H2,1H3. The molecule has 0 bridgehead atoms. The molecule has 2 heterocycles. The van der Waals surface area contributed by atoms with Gasteiger partial charge in [-0.15, -0.1) is 23.1 Å². The summed E-state index contributed by atoms with van der Waals surface area (Å²) >= 11 is 3.88. The van der Waals surface area contributed by atoms with E-state index in [4.69, 9.17) is 0 Å². The monoisotopic (exact) mass is 1100 g/mol. The van der Waals surface area contributed by atoms with Crippen LogP contribution in [-0.4, -0.2) is 5.25 Å². The Balaban J connectivity index is 0.655. The average molecular weight is 1110 g/mol. The van der Waals surface area contributed by atoms with E-state index in [0.717, 1.165) is 12.8 Å². The van der Waals surface area contributed by atoms with Crippen LogP contribution in [0.3, 0.4) is 0 Å². The molecule has 0 fully saturated rings. The third-order valence-corrected chi connectivity index (χ3v) is 19.9. The van der Waals surface area contributed by atoms with Gasteiger partial charge >= 0.3 is 0 Å². The average Bonchev–Trinajstić information content (AvgIpc) is 1.68. The van der Waals surface area contributed by atoms with Crippen LogP contribution >= 0.6 is 23.1 Å². The second-order valence-corrected chi connectivity index (χ2v) is 25.2. The summed E-state index contributed by atoms with van der Waals surface area (Å²) in [5, 5.41) is 15.7. The quantitative estimate of drug-likeness (QED) is 0.123. The second kappa shape index (κ2) is 21.0. The Labute approximate surface area is 498 Å². The summed E-state index contributed by atoms with van der Waals surface area (Å²) in [6.45, 7) is 2.18. The highest BCUT2D eigenvalue weighted by molar-refractivity contribution is 8.09. The maximum absolute atomic E-state index is 2.46. The Kier molecular flexibility index (Phi) is 12.5. The molecule has 1 aliphatic heterocycles. The molecule has 15 aromatic rings. The van der Waals surface area contributed by atoms with E-state index < -0.39 is 0 Å². The molecule has 396 valence electrons. The number of thioether (sulfide) groups is 1. The lowest BCUT2D eigenvalue weighted by Crippen LogP contribution is -2.02. The van der Waals surface area contributed by atoms with Gasteiger partial charge in [-0.25, -0.2) is 0 Å². The highest BCUT2D eigenvalue weighted by Crippen LogP contribution is 2.49. The Morgan fingerprint density at radius 2 is 0.631 bits per heavy atom. The van der Waals surface area contributed by atoms with E-state index in [-0.39, 0.29) is 0 Å². The van der Waals surface area contributed by atoms with Gasteiger partial charge in [0.1, 0.15) is 0 Å². The summed E-state index contributed by atoms with van der Waals surface area (Å²) in [4.78, 5) is 4.02. The molecule has 1 atom stereocenters. The smallest absolute Gasteiger partial charge is 0.0345 e. The molecule has 0 saturated carbocycles. The molecule has 0 nitrogen and oxygen atoms in total. The van der Waals surface area contributed by atoms with Crippen LogP contribution < -0.4 is 0 Å². The van der Waals surface area contributed by atoms with Crippen molar-refractivity contribution < 1.29 is 0 Å². The fraction of sp³-hybridized carbons (Fsp3) is 0.0488. The summed E-state index contributed by atoms with van der Waals surface area (Å²) in [6, 6.07) is 107. The van der Waals surface area contributed by atoms with Crippen LogP contribution in [0.5, 0.6) is 0 Å². The van der Waals surface area contributed by atoms with Gasteiger partial charge in [0.05, 0.1) is 0 Å². The third-order valence-electron chi connectivity index (χ3n) is 17.5. The number of aryl methyl sites for hydroxylation is 1. The van der Waals surface area contributed by atoms with Crippen molar-refractivity contribution in [3.63, 3.8) is 0 Å². The van der Waals surface area contributed by atoms with Gasteiger partial charge in [-0.1, -0.05) is 255 Å². The van der Waals surface area contributed by atoms with E-state index in [1.165, 1.54) is 163 Å². The molecule has 0 aliphatic carbocycles. The number of rotatable bonds is 10. The van der Waals surface area contributed by atoms with Crippen LogP contribution in [-0.2, 0) is 6.42 Å². The first kappa shape index (κ1) is 50.2. The van der Waals surface area contributed by atoms with Crippen LogP contribution in [0, 0.1) is 6.92 Å². The number of thiophene rings is 1. The van der Waals surface area contributed by atoms with Gasteiger partial charge in [0.2, 0.25) is 0 Å². The Bertz CT molecular complexity index is 5050. The Morgan fingerprint density at radius 1 is 0.298 bits per heavy atom. The predicted molar refractivity (Wildman–Crippen MR) is 366 cm³/mol. The fourth-order valence-electron chi connectivity index (χ4n) is 13.4. The van der Waals surface area contributed by atoms with Crippen LogP contribution in [0.15, 0.2) is 291 Å². The summed E-state index contributed by atoms with van der Waals surface area (Å²) in [5.41, 5.74) is 18.9. The number of fused-ring (bicyclic) bond motifs is 6. The summed E-state index contributed by atoms with van der Waals surface area (Å²) in [6.07, 6.45) is 4.55. The molecule has 0 saturated heterocycles. The lowest BCUT2D eigenvalue weighted by atomic mass is 9.84. The first-order valence-electron chi connectivity index (χ1n) is 29.3. The van der Waals surface area contributed by atoms with Crippen LogP contribution in [0.1, 0.15) is 22.4 Å². The fourth-order valence-corrected chi connectivity index (χ4v) is 15.5. The largest absolute Gasteiger partial charge is 0.141 e. The minimum Gasteiger partial charge on any atom is -0.141 e. The molecule has 14 aromatic carbocycles. The second-order valence-electron chi connectivity index (χ2n) is 22.6.